The van der Waals surface area contributed by atoms with Gasteiger partial charge in [-0.3, -0.25) is 9.69 Å². The number of imidazole rings is 1. The maximum atomic E-state index is 14.3. The van der Waals surface area contributed by atoms with Crippen LogP contribution in [-0.4, -0.2) is 38.9 Å². The van der Waals surface area contributed by atoms with Gasteiger partial charge in [-0.2, -0.15) is 0 Å². The molecule has 1 saturated carbocycles. The van der Waals surface area contributed by atoms with E-state index in [1.54, 1.807) is 12.0 Å². The Bertz CT molecular complexity index is 1520. The summed E-state index contributed by atoms with van der Waals surface area (Å²) >= 11 is 1.18. The Morgan fingerprint density at radius 2 is 1.82 bits per heavy atom. The van der Waals surface area contributed by atoms with E-state index in [1.165, 1.54) is 17.8 Å². The van der Waals surface area contributed by atoms with Crippen LogP contribution in [0.25, 0.3) is 22.2 Å². The number of benzene rings is 2. The molecule has 1 saturated heterocycles. The first-order valence-electron chi connectivity index (χ1n) is 13.2. The second-order valence-corrected chi connectivity index (χ2v) is 11.3. The van der Waals surface area contributed by atoms with Crippen molar-refractivity contribution in [2.45, 2.75) is 64.1 Å². The van der Waals surface area contributed by atoms with Gasteiger partial charge < -0.3 is 13.8 Å². The number of carbonyl (C=O) groups excluding carboxylic acids is 1. The molecule has 4 aromatic rings. The highest BCUT2D eigenvalue weighted by atomic mass is 32.2. The van der Waals surface area contributed by atoms with Crippen molar-refractivity contribution >= 4 is 33.7 Å². The molecule has 0 radical (unpaired) electrons. The van der Waals surface area contributed by atoms with Gasteiger partial charge in [0.15, 0.2) is 11.6 Å². The molecule has 10 heteroatoms. The van der Waals surface area contributed by atoms with Crippen LogP contribution in [-0.2, 0) is 4.74 Å². The molecule has 1 unspecified atom stereocenters. The predicted molar refractivity (Wildman–Crippen MR) is 147 cm³/mol. The quantitative estimate of drug-likeness (QED) is 0.255. The lowest BCUT2D eigenvalue weighted by atomic mass is 9.92. The van der Waals surface area contributed by atoms with Crippen LogP contribution in [0.1, 0.15) is 61.5 Å². The molecule has 6 rings (SSSR count). The zero-order valence-corrected chi connectivity index (χ0v) is 22.9. The van der Waals surface area contributed by atoms with Crippen LogP contribution in [0.5, 0.6) is 0 Å². The minimum absolute atomic E-state index is 0.179. The molecule has 39 heavy (non-hydrogen) atoms. The van der Waals surface area contributed by atoms with Gasteiger partial charge in [0.05, 0.1) is 28.9 Å². The van der Waals surface area contributed by atoms with Gasteiger partial charge in [-0.15, -0.1) is 0 Å². The van der Waals surface area contributed by atoms with E-state index in [0.717, 1.165) is 77.3 Å². The van der Waals surface area contributed by atoms with Gasteiger partial charge in [0, 0.05) is 36.2 Å². The topological polar surface area (TPSA) is 73.4 Å². The van der Waals surface area contributed by atoms with Gasteiger partial charge in [-0.05, 0) is 75.8 Å². The molecule has 204 valence electrons. The highest BCUT2D eigenvalue weighted by Gasteiger charge is 2.37. The first-order chi connectivity index (χ1) is 18.9. The highest BCUT2D eigenvalue weighted by Crippen LogP contribution is 2.43. The van der Waals surface area contributed by atoms with E-state index in [0.29, 0.717) is 17.9 Å². The number of carbonyl (C=O) groups is 1. The number of halogens is 2. The fourth-order valence-electron chi connectivity index (χ4n) is 6.07. The number of thioether (sulfide) groups is 1. The summed E-state index contributed by atoms with van der Waals surface area (Å²) in [7, 11) is 1.75. The van der Waals surface area contributed by atoms with Crippen LogP contribution in [0.4, 0.5) is 19.3 Å². The van der Waals surface area contributed by atoms with E-state index in [-0.39, 0.29) is 17.4 Å². The monoisotopic (exact) mass is 552 g/mol. The molecule has 0 spiro atoms. The number of aryl methyl sites for hydroxylation is 2. The summed E-state index contributed by atoms with van der Waals surface area (Å²) in [5.41, 5.74) is 4.84. The second kappa shape index (κ2) is 10.4. The summed E-state index contributed by atoms with van der Waals surface area (Å²) in [5.74, 6) is 0.198. The van der Waals surface area contributed by atoms with E-state index >= 15 is 0 Å². The minimum Gasteiger partial charge on any atom is -0.381 e. The molecule has 1 atom stereocenters. The molecule has 1 aliphatic heterocycles. The van der Waals surface area contributed by atoms with Crippen LogP contribution in [0, 0.1) is 25.5 Å². The minimum atomic E-state index is -0.981. The van der Waals surface area contributed by atoms with Gasteiger partial charge in [0.1, 0.15) is 11.6 Å². The van der Waals surface area contributed by atoms with Crippen molar-refractivity contribution in [3.8, 4) is 11.1 Å². The van der Waals surface area contributed by atoms with Crippen molar-refractivity contribution in [2.75, 3.05) is 17.8 Å². The molecule has 1 amide bonds. The number of amides is 1. The number of aromatic nitrogens is 3. The lowest BCUT2D eigenvalue weighted by Crippen LogP contribution is -2.38. The van der Waals surface area contributed by atoms with Gasteiger partial charge in [0.25, 0.3) is 5.24 Å². The lowest BCUT2D eigenvalue weighted by molar-refractivity contribution is 0.0584. The summed E-state index contributed by atoms with van der Waals surface area (Å²) in [4.78, 5) is 20.0. The number of methoxy groups -OCH3 is 1. The third-order valence-corrected chi connectivity index (χ3v) is 8.87. The zero-order valence-electron chi connectivity index (χ0n) is 22.1. The van der Waals surface area contributed by atoms with Crippen LogP contribution in [0.3, 0.4) is 0 Å². The summed E-state index contributed by atoms with van der Waals surface area (Å²) in [6.45, 7) is 3.81. The van der Waals surface area contributed by atoms with Crippen LogP contribution in [0.15, 0.2) is 40.9 Å². The Kier molecular flexibility index (Phi) is 6.93. The number of anilines is 1. The van der Waals surface area contributed by atoms with Crippen LogP contribution in [0.2, 0.25) is 0 Å². The summed E-state index contributed by atoms with van der Waals surface area (Å²) in [6, 6.07) is 9.57. The first-order valence-corrected chi connectivity index (χ1v) is 14.2. The molecule has 2 aromatic carbocycles. The molecule has 2 aliphatic rings. The number of hydrogen-bond donors (Lipinski definition) is 0. The first kappa shape index (κ1) is 26.0. The van der Waals surface area contributed by atoms with Crippen molar-refractivity contribution in [3.63, 3.8) is 0 Å². The van der Waals surface area contributed by atoms with E-state index < -0.39 is 17.7 Å². The smallest absolute Gasteiger partial charge is 0.286 e. The number of hydrogen-bond acceptors (Lipinski definition) is 6. The fraction of sp³-hybridized carbons (Fsp3) is 0.414. The molecule has 7 nitrogen and oxygen atoms in total. The average molecular weight is 553 g/mol. The Balaban J connectivity index is 1.50. The second-order valence-electron chi connectivity index (χ2n) is 10.3. The summed E-state index contributed by atoms with van der Waals surface area (Å²) in [5, 5.41) is 3.91. The van der Waals surface area contributed by atoms with Crippen molar-refractivity contribution in [3.05, 3.63) is 65.3 Å². The number of fused-ring (bicyclic) bond motifs is 1. The summed E-state index contributed by atoms with van der Waals surface area (Å²) in [6.07, 6.45) is 4.58. The van der Waals surface area contributed by atoms with E-state index in [4.69, 9.17) is 14.2 Å². The molecule has 2 aromatic heterocycles. The van der Waals surface area contributed by atoms with Gasteiger partial charge in [-0.1, -0.05) is 23.0 Å². The number of ether oxygens (including phenoxy) is 1. The van der Waals surface area contributed by atoms with Gasteiger partial charge in [0.2, 0.25) is 0 Å². The molecule has 0 bridgehead atoms. The van der Waals surface area contributed by atoms with Crippen molar-refractivity contribution in [1.82, 2.24) is 14.7 Å². The Morgan fingerprint density at radius 1 is 1.03 bits per heavy atom. The predicted octanol–water partition coefficient (Wildman–Crippen LogP) is 7.52. The van der Waals surface area contributed by atoms with Crippen LogP contribution >= 0.6 is 11.8 Å². The third-order valence-electron chi connectivity index (χ3n) is 7.99. The zero-order chi connectivity index (χ0) is 27.3. The lowest BCUT2D eigenvalue weighted by Gasteiger charge is -2.37. The van der Waals surface area contributed by atoms with Crippen molar-refractivity contribution < 1.29 is 22.8 Å². The number of rotatable bonds is 5. The molecular weight excluding hydrogens is 522 g/mol. The fourth-order valence-corrected chi connectivity index (χ4v) is 6.96. The van der Waals surface area contributed by atoms with Gasteiger partial charge in [-0.25, -0.2) is 13.8 Å². The maximum Gasteiger partial charge on any atom is 0.286 e. The standard InChI is InChI=1S/C29H30F2N4O3S/c1-16-27(17(2)38-33-16)18-4-11-25-24(14-18)32-28(34(25)19-5-8-21(37-3)9-6-19)26-12-13-39-29(36)35(26)20-7-10-22(30)23(31)15-20/h4,7,10-11,14-15,19,21,26H,5-6,8-9,12-13H2,1-3H3. The maximum absolute atomic E-state index is 14.3. The van der Waals surface area contributed by atoms with Crippen molar-refractivity contribution in [2.24, 2.45) is 0 Å². The molecule has 1 aliphatic carbocycles. The van der Waals surface area contributed by atoms with E-state index in [9.17, 15) is 13.6 Å². The highest BCUT2D eigenvalue weighted by molar-refractivity contribution is 8.14. The Morgan fingerprint density at radius 3 is 2.51 bits per heavy atom. The van der Waals surface area contributed by atoms with E-state index in [1.807, 2.05) is 19.9 Å². The molecule has 3 heterocycles. The Hall–Kier alpha value is -3.24. The molecular formula is C29H30F2N4O3S. The molecule has 2 fully saturated rings. The Labute approximate surface area is 229 Å². The SMILES string of the molecule is COC1CCC(n2c(C3CCSC(=O)N3c3ccc(F)c(F)c3)nc3cc(-c4c(C)noc4C)ccc32)CC1. The van der Waals surface area contributed by atoms with E-state index in [2.05, 4.69) is 21.9 Å². The van der Waals surface area contributed by atoms with Crippen molar-refractivity contribution in [1.29, 1.82) is 0 Å². The third kappa shape index (κ3) is 4.63. The number of nitrogens with zero attached hydrogens (tertiary/aromatic N) is 4. The average Bonchev–Trinajstić information content (AvgIpc) is 3.48. The van der Waals surface area contributed by atoms with Crippen LogP contribution < -0.4 is 4.90 Å². The molecule has 0 N–H and O–H groups in total. The summed E-state index contributed by atoms with van der Waals surface area (Å²) < 4.78 is 41.4. The normalized spacial score (nSPS) is 22.1. The largest absolute Gasteiger partial charge is 0.381 e. The van der Waals surface area contributed by atoms with Gasteiger partial charge >= 0.3 is 0 Å².